The number of aromatic nitrogens is 4. The molecule has 1 saturated heterocycles. The van der Waals surface area contributed by atoms with Crippen molar-refractivity contribution in [1.29, 1.82) is 0 Å². The van der Waals surface area contributed by atoms with Gasteiger partial charge in [0.25, 0.3) is 0 Å². The van der Waals surface area contributed by atoms with Crippen LogP contribution in [0.3, 0.4) is 0 Å². The summed E-state index contributed by atoms with van der Waals surface area (Å²) < 4.78 is 0. The van der Waals surface area contributed by atoms with Gasteiger partial charge in [-0.2, -0.15) is 10.1 Å². The Morgan fingerprint density at radius 2 is 1.70 bits per heavy atom. The highest BCUT2D eigenvalue weighted by molar-refractivity contribution is 5.91. The van der Waals surface area contributed by atoms with Crippen LogP contribution in [0.5, 0.6) is 0 Å². The fourth-order valence-corrected chi connectivity index (χ4v) is 3.80. The van der Waals surface area contributed by atoms with E-state index < -0.39 is 0 Å². The van der Waals surface area contributed by atoms with Gasteiger partial charge in [-0.05, 0) is 17.7 Å². The first-order valence-electron chi connectivity index (χ1n) is 10.2. The lowest BCUT2D eigenvalue weighted by atomic mass is 10.2. The molecule has 0 atom stereocenters. The molecule has 0 saturated carbocycles. The Morgan fingerprint density at radius 3 is 2.57 bits per heavy atom. The van der Waals surface area contributed by atoms with Gasteiger partial charge >= 0.3 is 0 Å². The summed E-state index contributed by atoms with van der Waals surface area (Å²) in [6, 6.07) is 20.6. The molecule has 1 aliphatic heterocycles. The van der Waals surface area contributed by atoms with Gasteiger partial charge in [0.15, 0.2) is 5.82 Å². The molecule has 0 bridgehead atoms. The predicted octanol–water partition coefficient (Wildman–Crippen LogP) is 3.49. The Balaban J connectivity index is 1.26. The molecule has 30 heavy (non-hydrogen) atoms. The molecule has 5 rings (SSSR count). The Bertz CT molecular complexity index is 1120. The van der Waals surface area contributed by atoms with Crippen molar-refractivity contribution in [3.8, 4) is 0 Å². The molecule has 0 spiro atoms. The Labute approximate surface area is 175 Å². The lowest BCUT2D eigenvalue weighted by Gasteiger charge is -2.35. The maximum absolute atomic E-state index is 4.70. The van der Waals surface area contributed by atoms with Crippen LogP contribution in [0.4, 0.5) is 17.5 Å². The highest BCUT2D eigenvalue weighted by atomic mass is 15.3. The molecule has 7 heteroatoms. The fraction of sp³-hybridized carbons (Fsp3) is 0.217. The summed E-state index contributed by atoms with van der Waals surface area (Å²) >= 11 is 0. The normalized spacial score (nSPS) is 14.7. The summed E-state index contributed by atoms with van der Waals surface area (Å²) in [6.45, 7) is 4.81. The summed E-state index contributed by atoms with van der Waals surface area (Å²) in [6.07, 6.45) is 3.53. The number of piperazine rings is 1. The Kier molecular flexibility index (Phi) is 5.18. The SMILES string of the molecule is c1ccc(CN2CCN(c3cnnc(Nc4cccc5cccnc45)n3)CC2)cc1. The van der Waals surface area contributed by atoms with Crippen LogP contribution < -0.4 is 10.2 Å². The minimum atomic E-state index is 0.484. The van der Waals surface area contributed by atoms with Crippen LogP contribution in [0.2, 0.25) is 0 Å². The first-order valence-corrected chi connectivity index (χ1v) is 10.2. The molecular formula is C23H23N7. The van der Waals surface area contributed by atoms with Gasteiger partial charge in [0.2, 0.25) is 5.95 Å². The van der Waals surface area contributed by atoms with Crippen molar-refractivity contribution in [2.24, 2.45) is 0 Å². The van der Waals surface area contributed by atoms with Gasteiger partial charge in [0.1, 0.15) is 0 Å². The average Bonchev–Trinajstić information content (AvgIpc) is 2.81. The van der Waals surface area contributed by atoms with Gasteiger partial charge in [-0.15, -0.1) is 5.10 Å². The Morgan fingerprint density at radius 1 is 0.867 bits per heavy atom. The molecule has 3 heterocycles. The van der Waals surface area contributed by atoms with Crippen molar-refractivity contribution in [2.45, 2.75) is 6.54 Å². The van der Waals surface area contributed by atoms with E-state index in [4.69, 9.17) is 4.98 Å². The predicted molar refractivity (Wildman–Crippen MR) is 119 cm³/mol. The monoisotopic (exact) mass is 397 g/mol. The lowest BCUT2D eigenvalue weighted by Crippen LogP contribution is -2.46. The first-order chi connectivity index (χ1) is 14.8. The maximum atomic E-state index is 4.70. The molecule has 1 fully saturated rings. The third-order valence-corrected chi connectivity index (χ3v) is 5.37. The van der Waals surface area contributed by atoms with Crippen LogP contribution in [0, 0.1) is 0 Å². The zero-order valence-electron chi connectivity index (χ0n) is 16.6. The summed E-state index contributed by atoms with van der Waals surface area (Å²) in [5.74, 6) is 1.33. The molecule has 4 aromatic rings. The van der Waals surface area contributed by atoms with Crippen molar-refractivity contribution in [1.82, 2.24) is 25.1 Å². The second-order valence-corrected chi connectivity index (χ2v) is 7.39. The van der Waals surface area contributed by atoms with Crippen molar-refractivity contribution < 1.29 is 0 Å². The molecule has 0 amide bonds. The average molecular weight is 397 g/mol. The number of nitrogens with zero attached hydrogens (tertiary/aromatic N) is 6. The van der Waals surface area contributed by atoms with E-state index in [1.165, 1.54) is 5.56 Å². The summed E-state index contributed by atoms with van der Waals surface area (Å²) in [5.41, 5.74) is 3.12. The third-order valence-electron chi connectivity index (χ3n) is 5.37. The molecule has 7 nitrogen and oxygen atoms in total. The molecular weight excluding hydrogens is 374 g/mol. The fourth-order valence-electron chi connectivity index (χ4n) is 3.80. The number of anilines is 3. The van der Waals surface area contributed by atoms with E-state index in [0.29, 0.717) is 5.95 Å². The van der Waals surface area contributed by atoms with Crippen LogP contribution in [-0.2, 0) is 6.54 Å². The number of fused-ring (bicyclic) bond motifs is 1. The number of rotatable bonds is 5. The van der Waals surface area contributed by atoms with Gasteiger partial charge in [0.05, 0.1) is 17.4 Å². The van der Waals surface area contributed by atoms with Gasteiger partial charge in [0, 0.05) is 44.3 Å². The maximum Gasteiger partial charge on any atom is 0.249 e. The molecule has 2 aromatic carbocycles. The van der Waals surface area contributed by atoms with Crippen molar-refractivity contribution in [3.63, 3.8) is 0 Å². The minimum absolute atomic E-state index is 0.484. The summed E-state index contributed by atoms with van der Waals surface area (Å²) in [5, 5.41) is 12.7. The van der Waals surface area contributed by atoms with E-state index in [0.717, 1.165) is 55.1 Å². The molecule has 0 radical (unpaired) electrons. The second-order valence-electron chi connectivity index (χ2n) is 7.39. The largest absolute Gasteiger partial charge is 0.353 e. The molecule has 150 valence electrons. The van der Waals surface area contributed by atoms with Crippen LogP contribution in [0.25, 0.3) is 10.9 Å². The highest BCUT2D eigenvalue weighted by Gasteiger charge is 2.19. The second kappa shape index (κ2) is 8.42. The van der Waals surface area contributed by atoms with Crippen LogP contribution in [-0.4, -0.2) is 51.2 Å². The molecule has 2 aromatic heterocycles. The summed E-state index contributed by atoms with van der Waals surface area (Å²) in [7, 11) is 0. The van der Waals surface area contributed by atoms with E-state index in [1.807, 2.05) is 30.3 Å². The van der Waals surface area contributed by atoms with Crippen molar-refractivity contribution >= 4 is 28.4 Å². The smallest absolute Gasteiger partial charge is 0.249 e. The van der Waals surface area contributed by atoms with Crippen molar-refractivity contribution in [3.05, 3.63) is 78.6 Å². The van der Waals surface area contributed by atoms with E-state index in [9.17, 15) is 0 Å². The zero-order valence-corrected chi connectivity index (χ0v) is 16.6. The number of hydrogen-bond acceptors (Lipinski definition) is 7. The molecule has 0 unspecified atom stereocenters. The highest BCUT2D eigenvalue weighted by Crippen LogP contribution is 2.23. The first kappa shape index (κ1) is 18.4. The van der Waals surface area contributed by atoms with E-state index in [1.54, 1.807) is 12.4 Å². The number of pyridine rings is 1. The van der Waals surface area contributed by atoms with Crippen LogP contribution >= 0.6 is 0 Å². The van der Waals surface area contributed by atoms with Gasteiger partial charge in [-0.3, -0.25) is 9.88 Å². The molecule has 0 aliphatic carbocycles. The van der Waals surface area contributed by atoms with Crippen LogP contribution in [0.15, 0.2) is 73.1 Å². The Hall–Kier alpha value is -3.58. The summed E-state index contributed by atoms with van der Waals surface area (Å²) in [4.78, 5) is 13.9. The third kappa shape index (κ3) is 4.06. The van der Waals surface area contributed by atoms with Gasteiger partial charge in [-0.1, -0.05) is 48.5 Å². The topological polar surface area (TPSA) is 70.1 Å². The zero-order chi connectivity index (χ0) is 20.2. The lowest BCUT2D eigenvalue weighted by molar-refractivity contribution is 0.249. The standard InChI is InChI=1S/C23H23N7/c1-2-6-18(7-3-1)17-29-12-14-30(15-13-29)21-16-25-28-23(27-21)26-20-10-4-8-19-9-5-11-24-22(19)20/h1-11,16H,12-15,17H2,(H,26,27,28). The quantitative estimate of drug-likeness (QED) is 0.553. The number of hydrogen-bond donors (Lipinski definition) is 1. The number of benzene rings is 2. The minimum Gasteiger partial charge on any atom is -0.353 e. The van der Waals surface area contributed by atoms with E-state index in [2.05, 4.69) is 60.6 Å². The number of nitrogens with one attached hydrogen (secondary N) is 1. The van der Waals surface area contributed by atoms with Gasteiger partial charge < -0.3 is 10.2 Å². The van der Waals surface area contributed by atoms with Gasteiger partial charge in [-0.25, -0.2) is 0 Å². The van der Waals surface area contributed by atoms with Crippen molar-refractivity contribution in [2.75, 3.05) is 36.4 Å². The molecule has 1 N–H and O–H groups in total. The van der Waals surface area contributed by atoms with E-state index >= 15 is 0 Å². The van der Waals surface area contributed by atoms with E-state index in [-0.39, 0.29) is 0 Å². The van der Waals surface area contributed by atoms with Crippen LogP contribution in [0.1, 0.15) is 5.56 Å². The number of para-hydroxylation sites is 1. The molecule has 1 aliphatic rings.